The van der Waals surface area contributed by atoms with Gasteiger partial charge < -0.3 is 5.32 Å². The molecule has 1 aromatic carbocycles. The van der Waals surface area contributed by atoms with Gasteiger partial charge in [0.1, 0.15) is 0 Å². The predicted molar refractivity (Wildman–Crippen MR) is 78.2 cm³/mol. The van der Waals surface area contributed by atoms with Crippen LogP contribution in [0.2, 0.25) is 0 Å². The summed E-state index contributed by atoms with van der Waals surface area (Å²) in [6.07, 6.45) is 3.36. The lowest BCUT2D eigenvalue weighted by Crippen LogP contribution is -2.31. The summed E-state index contributed by atoms with van der Waals surface area (Å²) in [5.74, 6) is 0.410. The highest BCUT2D eigenvalue weighted by molar-refractivity contribution is 9.10. The van der Waals surface area contributed by atoms with Gasteiger partial charge in [0.05, 0.1) is 0 Å². The highest BCUT2D eigenvalue weighted by Crippen LogP contribution is 2.29. The molecule has 1 aliphatic carbocycles. The zero-order valence-electron chi connectivity index (χ0n) is 10.4. The Kier molecular flexibility index (Phi) is 4.68. The first-order valence-electron chi connectivity index (χ1n) is 6.26. The third-order valence-electron chi connectivity index (χ3n) is 3.54. The van der Waals surface area contributed by atoms with Gasteiger partial charge in [-0.05, 0) is 43.4 Å². The second-order valence-corrected chi connectivity index (χ2v) is 6.35. The molecular formula is C14H17BrClNO. The van der Waals surface area contributed by atoms with Crippen LogP contribution in [0, 0.1) is 12.8 Å². The van der Waals surface area contributed by atoms with Crippen LogP contribution < -0.4 is 5.32 Å². The van der Waals surface area contributed by atoms with Gasteiger partial charge in [0, 0.05) is 22.0 Å². The number of aryl methyl sites for hydroxylation is 1. The lowest BCUT2D eigenvalue weighted by molar-refractivity contribution is 0.0947. The number of alkyl halides is 1. The van der Waals surface area contributed by atoms with Crippen molar-refractivity contribution in [1.29, 1.82) is 0 Å². The van der Waals surface area contributed by atoms with Crippen LogP contribution in [0.15, 0.2) is 22.7 Å². The van der Waals surface area contributed by atoms with Gasteiger partial charge in [0.2, 0.25) is 0 Å². The summed E-state index contributed by atoms with van der Waals surface area (Å²) in [5.41, 5.74) is 1.72. The Hall–Kier alpha value is -0.540. The first kappa shape index (κ1) is 13.9. The number of benzene rings is 1. The van der Waals surface area contributed by atoms with E-state index in [9.17, 15) is 4.79 Å². The Balaban J connectivity index is 1.97. The molecule has 2 unspecified atom stereocenters. The maximum absolute atomic E-state index is 12.1. The number of nitrogens with one attached hydrogen (secondary N) is 1. The minimum absolute atomic E-state index is 0.00966. The van der Waals surface area contributed by atoms with Crippen LogP contribution in [0.1, 0.15) is 35.2 Å². The number of hydrogen-bond donors (Lipinski definition) is 1. The Labute approximate surface area is 121 Å². The van der Waals surface area contributed by atoms with Gasteiger partial charge in [-0.1, -0.05) is 28.4 Å². The molecule has 0 aliphatic heterocycles. The fourth-order valence-corrected chi connectivity index (χ4v) is 3.11. The van der Waals surface area contributed by atoms with Crippen LogP contribution in [0.3, 0.4) is 0 Å². The van der Waals surface area contributed by atoms with Crippen LogP contribution in [-0.4, -0.2) is 17.8 Å². The summed E-state index contributed by atoms with van der Waals surface area (Å²) < 4.78 is 0.925. The molecule has 2 rings (SSSR count). The normalized spacial score (nSPS) is 23.1. The molecule has 0 radical (unpaired) electrons. The molecule has 1 aliphatic rings. The minimum Gasteiger partial charge on any atom is -0.352 e. The molecule has 4 heteroatoms. The van der Waals surface area contributed by atoms with Crippen LogP contribution in [0.25, 0.3) is 0 Å². The van der Waals surface area contributed by atoms with Crippen molar-refractivity contribution in [3.05, 3.63) is 33.8 Å². The Bertz CT molecular complexity index is 449. The average Bonchev–Trinajstić information content (AvgIpc) is 2.75. The summed E-state index contributed by atoms with van der Waals surface area (Å²) in [7, 11) is 0. The molecule has 1 fully saturated rings. The highest BCUT2D eigenvalue weighted by Gasteiger charge is 2.25. The van der Waals surface area contributed by atoms with Crippen molar-refractivity contribution < 1.29 is 4.79 Å². The van der Waals surface area contributed by atoms with E-state index in [0.717, 1.165) is 28.4 Å². The average molecular weight is 331 g/mol. The number of amides is 1. The molecule has 0 saturated heterocycles. The van der Waals surface area contributed by atoms with Gasteiger partial charge >= 0.3 is 0 Å². The maximum Gasteiger partial charge on any atom is 0.251 e. The third-order valence-corrected chi connectivity index (χ3v) is 4.60. The number of hydrogen-bond acceptors (Lipinski definition) is 1. The zero-order chi connectivity index (χ0) is 13.1. The van der Waals surface area contributed by atoms with E-state index in [0.29, 0.717) is 12.5 Å². The Morgan fingerprint density at radius 3 is 2.94 bits per heavy atom. The van der Waals surface area contributed by atoms with Crippen molar-refractivity contribution in [2.75, 3.05) is 6.54 Å². The zero-order valence-corrected chi connectivity index (χ0v) is 12.7. The molecule has 2 atom stereocenters. The molecule has 1 N–H and O–H groups in total. The topological polar surface area (TPSA) is 29.1 Å². The highest BCUT2D eigenvalue weighted by atomic mass is 79.9. The van der Waals surface area contributed by atoms with E-state index in [4.69, 9.17) is 11.6 Å². The molecule has 1 amide bonds. The molecule has 2 nitrogen and oxygen atoms in total. The van der Waals surface area contributed by atoms with E-state index in [1.165, 1.54) is 6.42 Å². The molecular weight excluding hydrogens is 314 g/mol. The van der Waals surface area contributed by atoms with E-state index in [1.807, 2.05) is 25.1 Å². The van der Waals surface area contributed by atoms with E-state index < -0.39 is 0 Å². The minimum atomic E-state index is -0.00966. The largest absolute Gasteiger partial charge is 0.352 e. The van der Waals surface area contributed by atoms with Gasteiger partial charge in [-0.2, -0.15) is 0 Å². The first-order valence-corrected chi connectivity index (χ1v) is 7.49. The first-order chi connectivity index (χ1) is 8.58. The molecule has 1 saturated carbocycles. The number of rotatable bonds is 3. The maximum atomic E-state index is 12.1. The van der Waals surface area contributed by atoms with Gasteiger partial charge in [-0.15, -0.1) is 11.6 Å². The van der Waals surface area contributed by atoms with Crippen molar-refractivity contribution in [2.24, 2.45) is 5.92 Å². The van der Waals surface area contributed by atoms with Crippen molar-refractivity contribution in [3.8, 4) is 0 Å². The molecule has 0 bridgehead atoms. The second kappa shape index (κ2) is 6.07. The van der Waals surface area contributed by atoms with Crippen molar-refractivity contribution in [2.45, 2.75) is 31.6 Å². The summed E-state index contributed by atoms with van der Waals surface area (Å²) in [6, 6.07) is 5.74. The molecule has 0 aromatic heterocycles. The van der Waals surface area contributed by atoms with Gasteiger partial charge in [0.25, 0.3) is 5.91 Å². The fraction of sp³-hybridized carbons (Fsp3) is 0.500. The summed E-state index contributed by atoms with van der Waals surface area (Å²) in [5, 5.41) is 3.21. The van der Waals surface area contributed by atoms with Crippen LogP contribution in [0.4, 0.5) is 0 Å². The van der Waals surface area contributed by atoms with Crippen molar-refractivity contribution in [1.82, 2.24) is 5.32 Å². The number of halogens is 2. The van der Waals surface area contributed by atoms with Gasteiger partial charge in [-0.3, -0.25) is 4.79 Å². The summed E-state index contributed by atoms with van der Waals surface area (Å²) in [6.45, 7) is 2.63. The van der Waals surface area contributed by atoms with Crippen LogP contribution in [-0.2, 0) is 0 Å². The lowest BCUT2D eigenvalue weighted by atomic mass is 10.1. The lowest BCUT2D eigenvalue weighted by Gasteiger charge is -2.15. The molecule has 1 aromatic rings. The molecule has 98 valence electrons. The number of carbonyl (C=O) groups excluding carboxylic acids is 1. The Morgan fingerprint density at radius 1 is 1.50 bits per heavy atom. The second-order valence-electron chi connectivity index (χ2n) is 4.88. The summed E-state index contributed by atoms with van der Waals surface area (Å²) >= 11 is 9.60. The van der Waals surface area contributed by atoms with Crippen molar-refractivity contribution in [3.63, 3.8) is 0 Å². The van der Waals surface area contributed by atoms with Crippen molar-refractivity contribution >= 4 is 33.4 Å². The number of carbonyl (C=O) groups is 1. The van der Waals surface area contributed by atoms with Gasteiger partial charge in [-0.25, -0.2) is 0 Å². The molecule has 18 heavy (non-hydrogen) atoms. The monoisotopic (exact) mass is 329 g/mol. The van der Waals surface area contributed by atoms with Crippen LogP contribution in [0.5, 0.6) is 0 Å². The predicted octanol–water partition coefficient (Wildman–Crippen LogP) is 3.89. The van der Waals surface area contributed by atoms with E-state index in [-0.39, 0.29) is 11.3 Å². The standard InChI is InChI=1S/C14H17BrClNO/c1-9-5-6-11(15)7-12(9)14(18)17-8-10-3-2-4-13(10)16/h5-7,10,13H,2-4,8H2,1H3,(H,17,18). The van der Waals surface area contributed by atoms with E-state index in [2.05, 4.69) is 21.2 Å². The molecule has 0 spiro atoms. The molecule has 0 heterocycles. The quantitative estimate of drug-likeness (QED) is 0.837. The van der Waals surface area contributed by atoms with Crippen LogP contribution >= 0.6 is 27.5 Å². The van der Waals surface area contributed by atoms with Gasteiger partial charge in [0.15, 0.2) is 0 Å². The Morgan fingerprint density at radius 2 is 2.28 bits per heavy atom. The van der Waals surface area contributed by atoms with E-state index >= 15 is 0 Å². The SMILES string of the molecule is Cc1ccc(Br)cc1C(=O)NCC1CCCC1Cl. The third kappa shape index (κ3) is 3.27. The van der Waals surface area contributed by atoms with E-state index in [1.54, 1.807) is 0 Å². The smallest absolute Gasteiger partial charge is 0.251 e. The fourth-order valence-electron chi connectivity index (χ4n) is 2.38. The summed E-state index contributed by atoms with van der Waals surface area (Å²) in [4.78, 5) is 12.1.